The Bertz CT molecular complexity index is 331. The van der Waals surface area contributed by atoms with Gasteiger partial charge in [-0.25, -0.2) is 0 Å². The van der Waals surface area contributed by atoms with Crippen LogP contribution >= 0.6 is 0 Å². The normalized spacial score (nSPS) is 12.1. The lowest BCUT2D eigenvalue weighted by atomic mass is 10.0. The van der Waals surface area contributed by atoms with E-state index in [2.05, 4.69) is 13.8 Å². The van der Waals surface area contributed by atoms with Gasteiger partial charge in [-0.1, -0.05) is 84.5 Å². The van der Waals surface area contributed by atoms with Crippen LogP contribution < -0.4 is 5.73 Å². The van der Waals surface area contributed by atoms with E-state index in [0.29, 0.717) is 6.42 Å². The number of esters is 1. The van der Waals surface area contributed by atoms with Crippen LogP contribution in [-0.2, 0) is 14.3 Å². The first-order chi connectivity index (χ1) is 12.1. The van der Waals surface area contributed by atoms with Crippen LogP contribution in [0.4, 0.5) is 0 Å². The highest BCUT2D eigenvalue weighted by Gasteiger charge is 2.16. The molecule has 25 heavy (non-hydrogen) atoms. The molecule has 4 heteroatoms. The van der Waals surface area contributed by atoms with Crippen molar-refractivity contribution in [1.29, 1.82) is 0 Å². The Hall–Kier alpha value is -1.06. The predicted molar refractivity (Wildman–Crippen MR) is 104 cm³/mol. The van der Waals surface area contributed by atoms with Crippen LogP contribution in [0, 0.1) is 0 Å². The molecule has 0 aliphatic heterocycles. The minimum atomic E-state index is -0.389. The fourth-order valence-electron chi connectivity index (χ4n) is 3.05. The van der Waals surface area contributed by atoms with Crippen molar-refractivity contribution in [3.8, 4) is 0 Å². The summed E-state index contributed by atoms with van der Waals surface area (Å²) in [5.74, 6) is -0.571. The van der Waals surface area contributed by atoms with E-state index in [1.54, 1.807) is 0 Å². The summed E-state index contributed by atoms with van der Waals surface area (Å²) in [6.07, 6.45) is 16.5. The molecule has 0 unspecified atom stereocenters. The summed E-state index contributed by atoms with van der Waals surface area (Å²) in [6, 6.07) is 0. The molecule has 0 aromatic rings. The van der Waals surface area contributed by atoms with Gasteiger partial charge in [-0.3, -0.25) is 9.59 Å². The van der Waals surface area contributed by atoms with Gasteiger partial charge in [0.1, 0.15) is 6.10 Å². The van der Waals surface area contributed by atoms with Crippen LogP contribution in [0.5, 0.6) is 0 Å². The van der Waals surface area contributed by atoms with Gasteiger partial charge in [0.25, 0.3) is 0 Å². The SMILES string of the molecule is CCCCCCCCCCC[C@H](CC(N)=O)OC(=O)CCCCCC. The van der Waals surface area contributed by atoms with Gasteiger partial charge in [-0.15, -0.1) is 0 Å². The summed E-state index contributed by atoms with van der Waals surface area (Å²) in [5.41, 5.74) is 5.29. The molecule has 0 aromatic heterocycles. The summed E-state index contributed by atoms with van der Waals surface area (Å²) in [6.45, 7) is 4.38. The maximum Gasteiger partial charge on any atom is 0.306 e. The maximum atomic E-state index is 11.9. The van der Waals surface area contributed by atoms with E-state index in [-0.39, 0.29) is 24.4 Å². The number of primary amides is 1. The summed E-state index contributed by atoms with van der Waals surface area (Å²) < 4.78 is 5.47. The van der Waals surface area contributed by atoms with Gasteiger partial charge in [0.05, 0.1) is 6.42 Å². The number of nitrogens with two attached hydrogens (primary N) is 1. The topological polar surface area (TPSA) is 69.4 Å². The largest absolute Gasteiger partial charge is 0.462 e. The average Bonchev–Trinajstić information content (AvgIpc) is 2.56. The lowest BCUT2D eigenvalue weighted by Crippen LogP contribution is -2.25. The maximum absolute atomic E-state index is 11.9. The van der Waals surface area contributed by atoms with Gasteiger partial charge in [0.15, 0.2) is 0 Å². The minimum absolute atomic E-state index is 0.151. The van der Waals surface area contributed by atoms with Gasteiger partial charge < -0.3 is 10.5 Å². The highest BCUT2D eigenvalue weighted by atomic mass is 16.5. The molecular formula is C21H41NO3. The molecule has 0 saturated carbocycles. The van der Waals surface area contributed by atoms with Gasteiger partial charge in [-0.2, -0.15) is 0 Å². The van der Waals surface area contributed by atoms with Crippen LogP contribution in [0.3, 0.4) is 0 Å². The van der Waals surface area contributed by atoms with Crippen LogP contribution in [0.2, 0.25) is 0 Å². The summed E-state index contributed by atoms with van der Waals surface area (Å²) in [7, 11) is 0. The Morgan fingerprint density at radius 1 is 0.760 bits per heavy atom. The van der Waals surface area contributed by atoms with Crippen molar-refractivity contribution >= 4 is 11.9 Å². The van der Waals surface area contributed by atoms with Crippen molar-refractivity contribution in [1.82, 2.24) is 0 Å². The molecule has 0 rings (SSSR count). The molecule has 148 valence electrons. The molecule has 0 fully saturated rings. The van der Waals surface area contributed by atoms with E-state index < -0.39 is 0 Å². The molecular weight excluding hydrogens is 314 g/mol. The van der Waals surface area contributed by atoms with E-state index in [1.807, 2.05) is 0 Å². The lowest BCUT2D eigenvalue weighted by Gasteiger charge is -2.16. The number of amides is 1. The first-order valence-corrected chi connectivity index (χ1v) is 10.6. The third-order valence-electron chi connectivity index (χ3n) is 4.59. The molecule has 0 aliphatic carbocycles. The van der Waals surface area contributed by atoms with Gasteiger partial charge >= 0.3 is 5.97 Å². The number of ether oxygens (including phenoxy) is 1. The smallest absolute Gasteiger partial charge is 0.306 e. The molecule has 0 spiro atoms. The van der Waals surface area contributed by atoms with Gasteiger partial charge in [0.2, 0.25) is 5.91 Å². The Balaban J connectivity index is 3.80. The number of carbonyl (C=O) groups is 2. The molecule has 0 heterocycles. The molecule has 0 radical (unpaired) electrons. The standard InChI is InChI=1S/C21H41NO3/c1-3-5-7-9-10-11-12-13-14-16-19(18-20(22)23)25-21(24)17-15-8-6-4-2/h19H,3-18H2,1-2H3,(H2,22,23)/t19-/m1/s1. The highest BCUT2D eigenvalue weighted by molar-refractivity contribution is 5.75. The predicted octanol–water partition coefficient (Wildman–Crippen LogP) is 5.66. The Morgan fingerprint density at radius 2 is 1.24 bits per heavy atom. The molecule has 1 amide bonds. The monoisotopic (exact) mass is 355 g/mol. The number of hydrogen-bond donors (Lipinski definition) is 1. The Kier molecular flexibility index (Phi) is 17.0. The zero-order valence-electron chi connectivity index (χ0n) is 16.7. The van der Waals surface area contributed by atoms with Crippen molar-refractivity contribution < 1.29 is 14.3 Å². The minimum Gasteiger partial charge on any atom is -0.462 e. The van der Waals surface area contributed by atoms with Gasteiger partial charge in [0, 0.05) is 6.42 Å². The van der Waals surface area contributed by atoms with E-state index >= 15 is 0 Å². The fourth-order valence-corrected chi connectivity index (χ4v) is 3.05. The van der Waals surface area contributed by atoms with Crippen LogP contribution in [0.25, 0.3) is 0 Å². The highest BCUT2D eigenvalue weighted by Crippen LogP contribution is 2.15. The third-order valence-corrected chi connectivity index (χ3v) is 4.59. The van der Waals surface area contributed by atoms with Crippen LogP contribution in [0.15, 0.2) is 0 Å². The summed E-state index contributed by atoms with van der Waals surface area (Å²) in [4.78, 5) is 23.1. The number of rotatable bonds is 18. The van der Waals surface area contributed by atoms with E-state index in [0.717, 1.165) is 44.9 Å². The number of hydrogen-bond acceptors (Lipinski definition) is 3. The lowest BCUT2D eigenvalue weighted by molar-refractivity contribution is -0.150. The number of carbonyl (C=O) groups excluding carboxylic acids is 2. The number of unbranched alkanes of at least 4 members (excludes halogenated alkanes) is 11. The zero-order valence-corrected chi connectivity index (χ0v) is 16.7. The molecule has 1 atom stereocenters. The second-order valence-corrected chi connectivity index (χ2v) is 7.21. The van der Waals surface area contributed by atoms with Crippen LogP contribution in [0.1, 0.15) is 117 Å². The molecule has 0 aromatic carbocycles. The second-order valence-electron chi connectivity index (χ2n) is 7.21. The van der Waals surface area contributed by atoms with Crippen LogP contribution in [-0.4, -0.2) is 18.0 Å². The first-order valence-electron chi connectivity index (χ1n) is 10.6. The third kappa shape index (κ3) is 17.6. The van der Waals surface area contributed by atoms with E-state index in [1.165, 1.54) is 44.9 Å². The average molecular weight is 356 g/mol. The molecule has 0 aliphatic rings. The second kappa shape index (κ2) is 17.8. The van der Waals surface area contributed by atoms with Crippen molar-refractivity contribution in [2.24, 2.45) is 5.73 Å². The Labute approximate surface area is 155 Å². The first kappa shape index (κ1) is 23.9. The van der Waals surface area contributed by atoms with Crippen molar-refractivity contribution in [3.63, 3.8) is 0 Å². The molecule has 4 nitrogen and oxygen atoms in total. The van der Waals surface area contributed by atoms with E-state index in [9.17, 15) is 9.59 Å². The fraction of sp³-hybridized carbons (Fsp3) is 0.905. The summed E-state index contributed by atoms with van der Waals surface area (Å²) >= 11 is 0. The van der Waals surface area contributed by atoms with Crippen molar-refractivity contribution in [2.45, 2.75) is 123 Å². The van der Waals surface area contributed by atoms with Gasteiger partial charge in [-0.05, 0) is 19.3 Å². The van der Waals surface area contributed by atoms with Crippen molar-refractivity contribution in [3.05, 3.63) is 0 Å². The summed E-state index contributed by atoms with van der Waals surface area (Å²) in [5, 5.41) is 0. The van der Waals surface area contributed by atoms with E-state index in [4.69, 9.17) is 10.5 Å². The molecule has 2 N–H and O–H groups in total. The zero-order chi connectivity index (χ0) is 18.8. The Morgan fingerprint density at radius 3 is 1.76 bits per heavy atom. The molecule has 0 saturated heterocycles. The van der Waals surface area contributed by atoms with Crippen molar-refractivity contribution in [2.75, 3.05) is 0 Å². The quantitative estimate of drug-likeness (QED) is 0.254. The molecule has 0 bridgehead atoms.